The maximum atomic E-state index is 3.06. The van der Waals surface area contributed by atoms with E-state index in [1.165, 1.54) is 11.1 Å². The van der Waals surface area contributed by atoms with Crippen LogP contribution >= 0.6 is 0 Å². The lowest BCUT2D eigenvalue weighted by atomic mass is 10.2. The first kappa shape index (κ1) is 12.1. The molecule has 18 heavy (non-hydrogen) atoms. The molecule has 0 aromatic heterocycles. The van der Waals surface area contributed by atoms with Crippen LogP contribution in [0.5, 0.6) is 0 Å². The first-order valence-corrected chi connectivity index (χ1v) is 5.99. The molecule has 0 fully saturated rings. The summed E-state index contributed by atoms with van der Waals surface area (Å²) in [5, 5.41) is 6.13. The van der Waals surface area contributed by atoms with Crippen LogP contribution in [0.3, 0.4) is 0 Å². The maximum Gasteiger partial charge on any atom is 0.0480 e. The Morgan fingerprint density at radius 3 is 1.39 bits per heavy atom. The van der Waals surface area contributed by atoms with Gasteiger partial charge >= 0.3 is 0 Å². The van der Waals surface area contributed by atoms with E-state index in [-0.39, 0.29) is 0 Å². The summed E-state index contributed by atoms with van der Waals surface area (Å²) < 4.78 is 0. The zero-order chi connectivity index (χ0) is 12.5. The molecule has 0 amide bonds. The van der Waals surface area contributed by atoms with Gasteiger partial charge in [0.1, 0.15) is 0 Å². The topological polar surface area (TPSA) is 24.1 Å². The van der Waals surface area contributed by atoms with Crippen molar-refractivity contribution < 1.29 is 0 Å². The Hall–Kier alpha value is -2.40. The second kappa shape index (κ2) is 7.03. The minimum Gasteiger partial charge on any atom is -0.340 e. The van der Waals surface area contributed by atoms with Gasteiger partial charge in [-0.25, -0.2) is 0 Å². The lowest BCUT2D eigenvalue weighted by molar-refractivity contribution is 0.872. The maximum absolute atomic E-state index is 3.06. The van der Waals surface area contributed by atoms with Crippen LogP contribution in [0.2, 0.25) is 0 Å². The summed E-state index contributed by atoms with van der Waals surface area (Å²) in [4.78, 5) is 0. The number of nitrogens with one attached hydrogen (secondary N) is 2. The number of rotatable bonds is 4. The molecular weight excluding hydrogens is 220 g/mol. The van der Waals surface area contributed by atoms with Crippen molar-refractivity contribution in [3.05, 3.63) is 71.8 Å². The first-order chi connectivity index (χ1) is 8.95. The van der Waals surface area contributed by atoms with Gasteiger partial charge in [0, 0.05) is 25.2 Å². The van der Waals surface area contributed by atoms with Crippen LogP contribution in [0, 0.1) is 12.1 Å². The Bertz CT molecular complexity index is 462. The third kappa shape index (κ3) is 4.23. The Morgan fingerprint density at radius 1 is 0.611 bits per heavy atom. The summed E-state index contributed by atoms with van der Waals surface area (Å²) >= 11 is 0. The fraction of sp³-hybridized carbons (Fsp3) is 0.125. The molecular formula is C16H16N2. The van der Waals surface area contributed by atoms with Gasteiger partial charge in [-0.05, 0) is 11.1 Å². The molecule has 0 atom stereocenters. The molecule has 0 aliphatic heterocycles. The van der Waals surface area contributed by atoms with E-state index < -0.39 is 0 Å². The van der Waals surface area contributed by atoms with Crippen molar-refractivity contribution in [2.24, 2.45) is 0 Å². The lowest BCUT2D eigenvalue weighted by Crippen LogP contribution is -2.09. The van der Waals surface area contributed by atoms with E-state index in [1.807, 2.05) is 36.4 Å². The highest BCUT2D eigenvalue weighted by molar-refractivity contribution is 5.16. The number of benzene rings is 2. The molecule has 2 rings (SSSR count). The van der Waals surface area contributed by atoms with E-state index in [4.69, 9.17) is 0 Å². The Labute approximate surface area is 108 Å². The minimum absolute atomic E-state index is 0.765. The van der Waals surface area contributed by atoms with E-state index >= 15 is 0 Å². The summed E-state index contributed by atoms with van der Waals surface area (Å²) in [7, 11) is 0. The summed E-state index contributed by atoms with van der Waals surface area (Å²) in [5.41, 5.74) is 2.46. The molecule has 0 saturated heterocycles. The molecule has 0 bridgehead atoms. The average molecular weight is 236 g/mol. The van der Waals surface area contributed by atoms with Gasteiger partial charge < -0.3 is 10.6 Å². The highest BCUT2D eigenvalue weighted by Gasteiger charge is 1.87. The fourth-order valence-electron chi connectivity index (χ4n) is 1.57. The summed E-state index contributed by atoms with van der Waals surface area (Å²) in [5.74, 6) is 0. The van der Waals surface area contributed by atoms with Gasteiger partial charge in [-0.15, -0.1) is 0 Å². The zero-order valence-corrected chi connectivity index (χ0v) is 10.2. The van der Waals surface area contributed by atoms with Gasteiger partial charge in [0.05, 0.1) is 0 Å². The minimum atomic E-state index is 0.765. The Kier molecular flexibility index (Phi) is 4.71. The monoisotopic (exact) mass is 236 g/mol. The highest BCUT2D eigenvalue weighted by atomic mass is 14.9. The predicted molar refractivity (Wildman–Crippen MR) is 74.3 cm³/mol. The highest BCUT2D eigenvalue weighted by Crippen LogP contribution is 1.97. The third-order valence-electron chi connectivity index (χ3n) is 2.51. The molecule has 0 heterocycles. The molecule has 2 heteroatoms. The van der Waals surface area contributed by atoms with Crippen molar-refractivity contribution in [3.63, 3.8) is 0 Å². The molecule has 2 aromatic carbocycles. The predicted octanol–water partition coefficient (Wildman–Crippen LogP) is 2.48. The van der Waals surface area contributed by atoms with Gasteiger partial charge in [-0.3, -0.25) is 0 Å². The first-order valence-electron chi connectivity index (χ1n) is 5.99. The normalized spacial score (nSPS) is 9.11. The number of hydrogen-bond acceptors (Lipinski definition) is 2. The van der Waals surface area contributed by atoms with Crippen molar-refractivity contribution in [2.75, 3.05) is 0 Å². The van der Waals surface area contributed by atoms with Crippen LogP contribution < -0.4 is 10.6 Å². The average Bonchev–Trinajstić information content (AvgIpc) is 2.45. The van der Waals surface area contributed by atoms with Crippen LogP contribution in [0.1, 0.15) is 11.1 Å². The van der Waals surface area contributed by atoms with Crippen LogP contribution in [0.4, 0.5) is 0 Å². The second-order valence-corrected chi connectivity index (χ2v) is 3.93. The van der Waals surface area contributed by atoms with E-state index in [2.05, 4.69) is 47.0 Å². The van der Waals surface area contributed by atoms with Gasteiger partial charge in [0.25, 0.3) is 0 Å². The smallest absolute Gasteiger partial charge is 0.0480 e. The van der Waals surface area contributed by atoms with E-state index in [1.54, 1.807) is 0 Å². The van der Waals surface area contributed by atoms with Crippen LogP contribution in [-0.4, -0.2) is 0 Å². The third-order valence-corrected chi connectivity index (χ3v) is 2.51. The fourth-order valence-corrected chi connectivity index (χ4v) is 1.57. The van der Waals surface area contributed by atoms with Crippen molar-refractivity contribution >= 4 is 0 Å². The molecule has 0 saturated carbocycles. The van der Waals surface area contributed by atoms with E-state index in [9.17, 15) is 0 Å². The van der Waals surface area contributed by atoms with Gasteiger partial charge in [0.2, 0.25) is 0 Å². The van der Waals surface area contributed by atoms with Crippen LogP contribution in [0.25, 0.3) is 0 Å². The molecule has 0 aliphatic rings. The summed E-state index contributed by atoms with van der Waals surface area (Å²) in [6.45, 7) is 1.53. The molecule has 0 aliphatic carbocycles. The molecule has 0 unspecified atom stereocenters. The quantitative estimate of drug-likeness (QED) is 0.629. The van der Waals surface area contributed by atoms with Crippen molar-refractivity contribution in [2.45, 2.75) is 13.1 Å². The van der Waals surface area contributed by atoms with Crippen LogP contribution in [-0.2, 0) is 13.1 Å². The van der Waals surface area contributed by atoms with Crippen molar-refractivity contribution in [3.8, 4) is 12.1 Å². The largest absolute Gasteiger partial charge is 0.340 e. The van der Waals surface area contributed by atoms with Crippen LogP contribution in [0.15, 0.2) is 60.7 Å². The molecule has 2 N–H and O–H groups in total. The molecule has 90 valence electrons. The van der Waals surface area contributed by atoms with E-state index in [0.29, 0.717) is 0 Å². The molecule has 0 radical (unpaired) electrons. The number of hydrogen-bond donors (Lipinski definition) is 2. The molecule has 2 aromatic rings. The van der Waals surface area contributed by atoms with Crippen molar-refractivity contribution in [1.29, 1.82) is 0 Å². The summed E-state index contributed by atoms with van der Waals surface area (Å²) in [6.07, 6.45) is 0. The lowest BCUT2D eigenvalue weighted by Gasteiger charge is -1.99. The standard InChI is InChI=1S/C16H16N2/c1-3-7-15(8-4-1)13-17-11-12-18-14-16-9-5-2-6-10-16/h1-10,17-18H,13-14H2. The zero-order valence-electron chi connectivity index (χ0n) is 10.2. The SMILES string of the molecule is C(#CNCc1ccccc1)NCc1ccccc1. The molecule has 0 spiro atoms. The van der Waals surface area contributed by atoms with Gasteiger partial charge in [-0.1, -0.05) is 60.7 Å². The Morgan fingerprint density at radius 2 is 1.00 bits per heavy atom. The second-order valence-electron chi connectivity index (χ2n) is 3.93. The molecule has 2 nitrogen and oxygen atoms in total. The van der Waals surface area contributed by atoms with Crippen molar-refractivity contribution in [1.82, 2.24) is 10.6 Å². The van der Waals surface area contributed by atoms with Gasteiger partial charge in [0.15, 0.2) is 0 Å². The van der Waals surface area contributed by atoms with E-state index in [0.717, 1.165) is 13.1 Å². The summed E-state index contributed by atoms with van der Waals surface area (Å²) in [6, 6.07) is 26.2. The van der Waals surface area contributed by atoms with Gasteiger partial charge in [-0.2, -0.15) is 0 Å². The Balaban J connectivity index is 1.68.